The molecule has 9 heteroatoms. The molecule has 2 atom stereocenters. The van der Waals surface area contributed by atoms with Crippen molar-refractivity contribution in [2.45, 2.75) is 50.5 Å². The van der Waals surface area contributed by atoms with Crippen molar-refractivity contribution < 1.29 is 24.2 Å². The van der Waals surface area contributed by atoms with E-state index in [1.54, 1.807) is 19.1 Å². The van der Waals surface area contributed by atoms with Crippen LogP contribution in [0.15, 0.2) is 30.3 Å². The quantitative estimate of drug-likeness (QED) is 0.513. The lowest BCUT2D eigenvalue weighted by molar-refractivity contribution is -0.131. The fourth-order valence-electron chi connectivity index (χ4n) is 6.37. The smallest absolute Gasteiger partial charge is 0.407 e. The molecular formula is C30H40ClN3O5. The van der Waals surface area contributed by atoms with Gasteiger partial charge in [0.25, 0.3) is 0 Å². The Hall–Kier alpha value is -2.97. The highest BCUT2D eigenvalue weighted by atomic mass is 35.5. The van der Waals surface area contributed by atoms with Crippen LogP contribution in [0.3, 0.4) is 0 Å². The van der Waals surface area contributed by atoms with Gasteiger partial charge >= 0.3 is 6.09 Å². The number of carbonyl (C=O) groups is 2. The number of rotatable bonds is 8. The molecule has 1 aliphatic carbocycles. The summed E-state index contributed by atoms with van der Waals surface area (Å²) in [5.41, 5.74) is 6.28. The Balaban J connectivity index is 0.00000353. The summed E-state index contributed by atoms with van der Waals surface area (Å²) < 4.78 is 10.9. The summed E-state index contributed by atoms with van der Waals surface area (Å²) >= 11 is 0. The van der Waals surface area contributed by atoms with Gasteiger partial charge in [-0.05, 0) is 79.1 Å². The number of likely N-dealkylation sites (N-methyl/N-ethyl adjacent to an activating group) is 1. The van der Waals surface area contributed by atoms with Crippen LogP contribution in [-0.2, 0) is 24.1 Å². The molecule has 2 heterocycles. The van der Waals surface area contributed by atoms with Crippen molar-refractivity contribution in [3.63, 3.8) is 0 Å². The average Bonchev–Trinajstić information content (AvgIpc) is 3.31. The monoisotopic (exact) mass is 557 g/mol. The third-order valence-corrected chi connectivity index (χ3v) is 8.56. The van der Waals surface area contributed by atoms with Gasteiger partial charge in [-0.2, -0.15) is 0 Å². The molecule has 3 aliphatic rings. The minimum absolute atomic E-state index is 0. The summed E-state index contributed by atoms with van der Waals surface area (Å²) in [6, 6.07) is 10.6. The molecule has 2 unspecified atom stereocenters. The second kappa shape index (κ2) is 12.5. The highest BCUT2D eigenvalue weighted by Gasteiger charge is 2.33. The van der Waals surface area contributed by atoms with Crippen LogP contribution in [0.25, 0.3) is 0 Å². The van der Waals surface area contributed by atoms with Gasteiger partial charge in [-0.15, -0.1) is 12.4 Å². The van der Waals surface area contributed by atoms with Crippen LogP contribution in [-0.4, -0.2) is 85.8 Å². The van der Waals surface area contributed by atoms with E-state index in [0.29, 0.717) is 18.9 Å². The Morgan fingerprint density at radius 3 is 2.26 bits per heavy atom. The van der Waals surface area contributed by atoms with E-state index in [4.69, 9.17) is 9.47 Å². The number of likely N-dealkylation sites (tertiary alicyclic amines) is 1. The number of ether oxygens (including phenoxy) is 2. The second-order valence-electron chi connectivity index (χ2n) is 10.9. The summed E-state index contributed by atoms with van der Waals surface area (Å²) in [5.74, 6) is 2.15. The van der Waals surface area contributed by atoms with E-state index >= 15 is 0 Å². The number of benzene rings is 2. The van der Waals surface area contributed by atoms with Gasteiger partial charge in [-0.3, -0.25) is 4.79 Å². The van der Waals surface area contributed by atoms with Crippen molar-refractivity contribution in [3.8, 4) is 11.5 Å². The maximum Gasteiger partial charge on any atom is 0.407 e. The molecule has 2 amide bonds. The SMILES string of the molecule is COc1cc2c(cc1OC)CCN(C(=O)CCN(C)CC1Cc3cc(C4CCCN4C(=O)O)ccc31)CC2.Cl. The van der Waals surface area contributed by atoms with Crippen LogP contribution < -0.4 is 9.47 Å². The predicted octanol–water partition coefficient (Wildman–Crippen LogP) is 4.53. The summed E-state index contributed by atoms with van der Waals surface area (Å²) in [4.78, 5) is 30.4. The third kappa shape index (κ3) is 6.12. The van der Waals surface area contributed by atoms with Gasteiger partial charge in [-0.25, -0.2) is 4.79 Å². The molecule has 0 saturated carbocycles. The maximum atomic E-state index is 13.1. The summed E-state index contributed by atoms with van der Waals surface area (Å²) in [6.07, 6.45) is 4.18. The zero-order chi connectivity index (χ0) is 26.8. The Morgan fingerprint density at radius 2 is 1.67 bits per heavy atom. The zero-order valence-corrected chi connectivity index (χ0v) is 24.0. The summed E-state index contributed by atoms with van der Waals surface area (Å²) in [5, 5.41) is 9.47. The van der Waals surface area contributed by atoms with Crippen molar-refractivity contribution in [2.24, 2.45) is 0 Å². The van der Waals surface area contributed by atoms with Crippen molar-refractivity contribution in [2.75, 3.05) is 54.0 Å². The van der Waals surface area contributed by atoms with Crippen LogP contribution in [0.1, 0.15) is 59.0 Å². The van der Waals surface area contributed by atoms with Gasteiger partial charge in [0.05, 0.1) is 20.3 Å². The molecule has 1 fully saturated rings. The molecule has 2 aromatic rings. The first-order valence-electron chi connectivity index (χ1n) is 13.7. The Kier molecular flexibility index (Phi) is 9.28. The number of methoxy groups -OCH3 is 2. The van der Waals surface area contributed by atoms with E-state index in [1.807, 2.05) is 17.0 Å². The van der Waals surface area contributed by atoms with E-state index in [-0.39, 0.29) is 24.4 Å². The minimum Gasteiger partial charge on any atom is -0.493 e. The first-order valence-corrected chi connectivity index (χ1v) is 13.7. The van der Waals surface area contributed by atoms with Gasteiger partial charge in [0.2, 0.25) is 5.91 Å². The molecule has 1 saturated heterocycles. The van der Waals surface area contributed by atoms with Gasteiger partial charge < -0.3 is 29.3 Å². The number of carbonyl (C=O) groups excluding carboxylic acids is 1. The molecule has 212 valence electrons. The van der Waals surface area contributed by atoms with Crippen LogP contribution in [0, 0.1) is 0 Å². The molecule has 2 aliphatic heterocycles. The average molecular weight is 558 g/mol. The number of carboxylic acid groups (broad SMARTS) is 1. The number of halogens is 1. The van der Waals surface area contributed by atoms with Gasteiger partial charge in [0.1, 0.15) is 0 Å². The van der Waals surface area contributed by atoms with Gasteiger partial charge in [0, 0.05) is 45.1 Å². The molecule has 0 aromatic heterocycles. The van der Waals surface area contributed by atoms with Crippen LogP contribution >= 0.6 is 12.4 Å². The summed E-state index contributed by atoms with van der Waals surface area (Å²) in [6.45, 7) is 3.74. The largest absolute Gasteiger partial charge is 0.493 e. The van der Waals surface area contributed by atoms with Crippen LogP contribution in [0.5, 0.6) is 11.5 Å². The Labute approximate surface area is 237 Å². The van der Waals surface area contributed by atoms with E-state index in [2.05, 4.69) is 30.1 Å². The lowest BCUT2D eigenvalue weighted by atomic mass is 9.76. The van der Waals surface area contributed by atoms with Crippen molar-refractivity contribution in [1.29, 1.82) is 0 Å². The molecule has 5 rings (SSSR count). The first kappa shape index (κ1) is 29.0. The van der Waals surface area contributed by atoms with Gasteiger partial charge in [-0.1, -0.05) is 18.2 Å². The molecule has 39 heavy (non-hydrogen) atoms. The molecule has 1 N–H and O–H groups in total. The number of hydrogen-bond donors (Lipinski definition) is 1. The minimum atomic E-state index is -0.825. The fraction of sp³-hybridized carbons (Fsp3) is 0.533. The maximum absolute atomic E-state index is 13.1. The third-order valence-electron chi connectivity index (χ3n) is 8.56. The molecule has 8 nitrogen and oxygen atoms in total. The zero-order valence-electron chi connectivity index (χ0n) is 23.1. The van der Waals surface area contributed by atoms with Gasteiger partial charge in [0.15, 0.2) is 11.5 Å². The number of amides is 2. The molecule has 0 radical (unpaired) electrons. The van der Waals surface area contributed by atoms with E-state index in [0.717, 1.165) is 75.3 Å². The van der Waals surface area contributed by atoms with Crippen molar-refractivity contribution in [3.05, 3.63) is 58.1 Å². The van der Waals surface area contributed by atoms with Crippen molar-refractivity contribution >= 4 is 24.4 Å². The predicted molar refractivity (Wildman–Crippen MR) is 152 cm³/mol. The van der Waals surface area contributed by atoms with E-state index in [1.165, 1.54) is 22.3 Å². The fourth-order valence-corrected chi connectivity index (χ4v) is 6.37. The molecule has 0 bridgehead atoms. The number of fused-ring (bicyclic) bond motifs is 2. The standard InChI is InChI=1S/C30H39N3O5.ClH/c1-31(19-24-16-23-15-22(6-7-25(23)24)26-5-4-11-33(26)30(35)36)12-10-29(34)32-13-8-20-17-27(37-2)28(38-3)18-21(20)9-14-32;/h6-7,15,17-18,24,26H,4-5,8-14,16,19H2,1-3H3,(H,35,36);1H. The van der Waals surface area contributed by atoms with E-state index in [9.17, 15) is 14.7 Å². The number of nitrogens with zero attached hydrogens (tertiary/aromatic N) is 3. The molecular weight excluding hydrogens is 518 g/mol. The lowest BCUT2D eigenvalue weighted by Crippen LogP contribution is -2.37. The highest BCUT2D eigenvalue weighted by molar-refractivity contribution is 5.85. The highest BCUT2D eigenvalue weighted by Crippen LogP contribution is 2.40. The lowest BCUT2D eigenvalue weighted by Gasteiger charge is -2.35. The molecule has 0 spiro atoms. The number of hydrogen-bond acceptors (Lipinski definition) is 5. The topological polar surface area (TPSA) is 82.6 Å². The molecule has 2 aromatic carbocycles. The first-order chi connectivity index (χ1) is 18.4. The van der Waals surface area contributed by atoms with Crippen LogP contribution in [0.2, 0.25) is 0 Å². The van der Waals surface area contributed by atoms with E-state index < -0.39 is 6.09 Å². The van der Waals surface area contributed by atoms with Crippen LogP contribution in [0.4, 0.5) is 4.79 Å². The summed E-state index contributed by atoms with van der Waals surface area (Å²) in [7, 11) is 5.40. The van der Waals surface area contributed by atoms with Crippen molar-refractivity contribution in [1.82, 2.24) is 14.7 Å². The Bertz CT molecular complexity index is 1170. The Morgan fingerprint density at radius 1 is 1.00 bits per heavy atom. The normalized spacial score (nSPS) is 19.9. The second-order valence-corrected chi connectivity index (χ2v) is 10.9.